The van der Waals surface area contributed by atoms with Crippen LogP contribution in [0.15, 0.2) is 87.1 Å². The van der Waals surface area contributed by atoms with Crippen molar-refractivity contribution in [2.45, 2.75) is 16.8 Å². The van der Waals surface area contributed by atoms with Crippen LogP contribution < -0.4 is 14.5 Å². The van der Waals surface area contributed by atoms with E-state index < -0.39 is 15.7 Å². The van der Waals surface area contributed by atoms with Gasteiger partial charge in [0.05, 0.1) is 11.5 Å². The molecule has 1 fully saturated rings. The number of anilines is 2. The molecule has 0 bridgehead atoms. The summed E-state index contributed by atoms with van der Waals surface area (Å²) >= 11 is 6.16. The molecule has 0 radical (unpaired) electrons. The maximum absolute atomic E-state index is 13.6. The quantitative estimate of drug-likeness (QED) is 0.278. The first-order valence-electron chi connectivity index (χ1n) is 11.9. The molecule has 0 saturated carbocycles. The summed E-state index contributed by atoms with van der Waals surface area (Å²) in [6.45, 7) is 4.72. The van der Waals surface area contributed by atoms with Crippen molar-refractivity contribution < 1.29 is 22.0 Å². The first-order valence-corrected chi connectivity index (χ1v) is 13.7. The number of benzene rings is 3. The number of rotatable bonds is 7. The van der Waals surface area contributed by atoms with Crippen LogP contribution in [-0.4, -0.2) is 46.2 Å². The van der Waals surface area contributed by atoms with Crippen molar-refractivity contribution >= 4 is 33.0 Å². The molecule has 2 heterocycles. The SMILES string of the molecule is CCOc1ccc(-c2nc(S(=O)(=O)c3ccc(F)cc3)c(N3CCN(c4cccc(Cl)c4)CC3)o2)cc1. The van der Waals surface area contributed by atoms with Gasteiger partial charge in [0.25, 0.3) is 0 Å². The molecule has 0 unspecified atom stereocenters. The van der Waals surface area contributed by atoms with Gasteiger partial charge in [0.2, 0.25) is 26.6 Å². The number of hydrogen-bond donors (Lipinski definition) is 0. The Labute approximate surface area is 220 Å². The minimum atomic E-state index is -4.08. The van der Waals surface area contributed by atoms with Gasteiger partial charge in [0.1, 0.15) is 11.6 Å². The van der Waals surface area contributed by atoms with Crippen LogP contribution in [0.5, 0.6) is 5.75 Å². The summed E-state index contributed by atoms with van der Waals surface area (Å²) in [4.78, 5) is 8.43. The number of oxazole rings is 1. The second-order valence-electron chi connectivity index (χ2n) is 8.50. The second kappa shape index (κ2) is 10.4. The molecule has 7 nitrogen and oxygen atoms in total. The highest BCUT2D eigenvalue weighted by Crippen LogP contribution is 2.36. The van der Waals surface area contributed by atoms with Crippen LogP contribution in [0.25, 0.3) is 11.5 Å². The summed E-state index contributed by atoms with van der Waals surface area (Å²) in [6, 6.07) is 19.4. The zero-order valence-corrected chi connectivity index (χ0v) is 21.7. The lowest BCUT2D eigenvalue weighted by molar-refractivity contribution is 0.340. The van der Waals surface area contributed by atoms with E-state index >= 15 is 0 Å². The highest BCUT2D eigenvalue weighted by molar-refractivity contribution is 7.91. The maximum Gasteiger partial charge on any atom is 0.236 e. The summed E-state index contributed by atoms with van der Waals surface area (Å²) in [6.07, 6.45) is 0. The molecule has 0 amide bonds. The molecule has 1 saturated heterocycles. The van der Waals surface area contributed by atoms with E-state index in [1.807, 2.05) is 36.1 Å². The molecule has 1 aromatic heterocycles. The summed E-state index contributed by atoms with van der Waals surface area (Å²) in [5.41, 5.74) is 1.61. The highest BCUT2D eigenvalue weighted by atomic mass is 35.5. The number of ether oxygens (including phenoxy) is 1. The van der Waals surface area contributed by atoms with Crippen molar-refractivity contribution in [1.82, 2.24) is 4.98 Å². The van der Waals surface area contributed by atoms with Crippen molar-refractivity contribution in [3.63, 3.8) is 0 Å². The van der Waals surface area contributed by atoms with E-state index in [2.05, 4.69) is 9.88 Å². The largest absolute Gasteiger partial charge is 0.494 e. The average Bonchev–Trinajstić information content (AvgIpc) is 3.36. The normalized spacial score (nSPS) is 14.1. The Kier molecular flexibility index (Phi) is 7.08. The number of hydrogen-bond acceptors (Lipinski definition) is 7. The molecule has 1 aliphatic rings. The predicted molar refractivity (Wildman–Crippen MR) is 141 cm³/mol. The Morgan fingerprint density at radius 2 is 1.65 bits per heavy atom. The van der Waals surface area contributed by atoms with E-state index in [0.717, 1.165) is 17.8 Å². The zero-order valence-electron chi connectivity index (χ0n) is 20.1. The minimum Gasteiger partial charge on any atom is -0.494 e. The van der Waals surface area contributed by atoms with E-state index in [4.69, 9.17) is 20.8 Å². The molecule has 0 N–H and O–H groups in total. The Hall–Kier alpha value is -3.56. The van der Waals surface area contributed by atoms with Gasteiger partial charge in [-0.2, -0.15) is 4.98 Å². The number of halogens is 2. The zero-order chi connectivity index (χ0) is 26.0. The molecular weight excluding hydrogens is 517 g/mol. The number of piperazine rings is 1. The lowest BCUT2D eigenvalue weighted by Gasteiger charge is -2.36. The van der Waals surface area contributed by atoms with E-state index in [0.29, 0.717) is 49.1 Å². The molecule has 5 rings (SSSR count). The van der Waals surface area contributed by atoms with Crippen LogP contribution in [0, 0.1) is 5.82 Å². The van der Waals surface area contributed by atoms with E-state index in [1.165, 1.54) is 12.1 Å². The van der Waals surface area contributed by atoms with Gasteiger partial charge in [0.15, 0.2) is 0 Å². The third-order valence-electron chi connectivity index (χ3n) is 6.11. The van der Waals surface area contributed by atoms with E-state index in [1.54, 1.807) is 24.3 Å². The molecule has 10 heteroatoms. The van der Waals surface area contributed by atoms with Crippen LogP contribution >= 0.6 is 11.6 Å². The summed E-state index contributed by atoms with van der Waals surface area (Å²) < 4.78 is 52.3. The van der Waals surface area contributed by atoms with E-state index in [9.17, 15) is 12.8 Å². The standard InChI is InChI=1S/C27H25ClFN3O4S/c1-2-35-23-10-6-19(7-11-23)25-30-26(37(33,34)24-12-8-21(29)9-13-24)27(36-25)32-16-14-31(15-17-32)22-5-3-4-20(28)18-22/h3-13,18H,2,14-17H2,1H3. The van der Waals surface area contributed by atoms with Gasteiger partial charge >= 0.3 is 0 Å². The minimum absolute atomic E-state index is 0.0562. The Bertz CT molecular complexity index is 1480. The number of aromatic nitrogens is 1. The lowest BCUT2D eigenvalue weighted by Crippen LogP contribution is -2.46. The van der Waals surface area contributed by atoms with Crippen molar-refractivity contribution in [3.05, 3.63) is 83.6 Å². The average molecular weight is 542 g/mol. The molecule has 37 heavy (non-hydrogen) atoms. The van der Waals surface area contributed by atoms with Gasteiger partial charge in [-0.25, -0.2) is 12.8 Å². The van der Waals surface area contributed by atoms with Crippen molar-refractivity contribution in [2.24, 2.45) is 0 Å². The smallest absolute Gasteiger partial charge is 0.236 e. The van der Waals surface area contributed by atoms with Crippen LogP contribution in [-0.2, 0) is 9.84 Å². The molecule has 0 aliphatic carbocycles. The molecule has 4 aromatic rings. The first kappa shape index (κ1) is 25.1. The summed E-state index contributed by atoms with van der Waals surface area (Å²) in [5, 5.41) is 0.460. The first-order chi connectivity index (χ1) is 17.8. The van der Waals surface area contributed by atoms with Crippen molar-refractivity contribution in [3.8, 4) is 17.2 Å². The van der Waals surface area contributed by atoms with Crippen LogP contribution in [0.2, 0.25) is 5.02 Å². The van der Waals surface area contributed by atoms with Crippen LogP contribution in [0.4, 0.5) is 16.0 Å². The molecule has 0 spiro atoms. The van der Waals surface area contributed by atoms with Gasteiger partial charge in [0, 0.05) is 42.5 Å². The molecular formula is C27H25ClFN3O4S. The number of nitrogens with zero attached hydrogens (tertiary/aromatic N) is 3. The van der Waals surface area contributed by atoms with Crippen molar-refractivity contribution in [1.29, 1.82) is 0 Å². The Balaban J connectivity index is 1.49. The second-order valence-corrected chi connectivity index (χ2v) is 10.8. The van der Waals surface area contributed by atoms with Gasteiger partial charge in [-0.1, -0.05) is 17.7 Å². The van der Waals surface area contributed by atoms with Gasteiger partial charge in [-0.3, -0.25) is 0 Å². The fourth-order valence-electron chi connectivity index (χ4n) is 4.22. The third-order valence-corrected chi connectivity index (χ3v) is 8.01. The summed E-state index contributed by atoms with van der Waals surface area (Å²) in [5.74, 6) is 0.510. The monoisotopic (exact) mass is 541 g/mol. The van der Waals surface area contributed by atoms with Gasteiger partial charge in [-0.15, -0.1) is 0 Å². The fraction of sp³-hybridized carbons (Fsp3) is 0.222. The maximum atomic E-state index is 13.6. The van der Waals surface area contributed by atoms with Crippen molar-refractivity contribution in [2.75, 3.05) is 42.6 Å². The lowest BCUT2D eigenvalue weighted by atomic mass is 10.2. The Morgan fingerprint density at radius 1 is 0.973 bits per heavy atom. The van der Waals surface area contributed by atoms with Gasteiger partial charge < -0.3 is 19.0 Å². The van der Waals surface area contributed by atoms with E-state index in [-0.39, 0.29) is 21.7 Å². The molecule has 0 atom stereocenters. The van der Waals surface area contributed by atoms with Crippen LogP contribution in [0.1, 0.15) is 6.92 Å². The van der Waals surface area contributed by atoms with Crippen LogP contribution in [0.3, 0.4) is 0 Å². The topological polar surface area (TPSA) is 75.9 Å². The molecule has 192 valence electrons. The highest BCUT2D eigenvalue weighted by Gasteiger charge is 2.33. The Morgan fingerprint density at radius 3 is 2.30 bits per heavy atom. The van der Waals surface area contributed by atoms with Gasteiger partial charge in [-0.05, 0) is 73.7 Å². The number of sulfone groups is 1. The third kappa shape index (κ3) is 5.28. The molecule has 1 aliphatic heterocycles. The predicted octanol–water partition coefficient (Wildman–Crippen LogP) is 5.69. The summed E-state index contributed by atoms with van der Waals surface area (Å²) in [7, 11) is -4.08. The fourth-order valence-corrected chi connectivity index (χ4v) is 5.73. The molecule has 3 aromatic carbocycles.